The van der Waals surface area contributed by atoms with E-state index in [0.717, 1.165) is 25.7 Å². The summed E-state index contributed by atoms with van der Waals surface area (Å²) in [4.78, 5) is 14.5. The minimum Gasteiger partial charge on any atom is -0.440 e. The van der Waals surface area contributed by atoms with Gasteiger partial charge in [-0.15, -0.1) is 0 Å². The molecule has 0 N–H and O–H groups in total. The summed E-state index contributed by atoms with van der Waals surface area (Å²) in [6.45, 7) is 0. The molecule has 3 nitrogen and oxygen atoms in total. The van der Waals surface area contributed by atoms with E-state index in [1.54, 1.807) is 0 Å². The van der Waals surface area contributed by atoms with E-state index in [1.807, 2.05) is 30.3 Å². The molecule has 0 aromatic heterocycles. The van der Waals surface area contributed by atoms with Gasteiger partial charge in [0.15, 0.2) is 5.72 Å². The van der Waals surface area contributed by atoms with Crippen molar-refractivity contribution in [3.05, 3.63) is 35.9 Å². The van der Waals surface area contributed by atoms with E-state index in [0.29, 0.717) is 11.6 Å². The molecule has 2 saturated heterocycles. The lowest BCUT2D eigenvalue weighted by atomic mass is 10.0. The fraction of sp³-hybridized carbons (Fsp3) is 0.533. The van der Waals surface area contributed by atoms with Crippen LogP contribution in [0.4, 0.5) is 0 Å². The normalized spacial score (nSPS) is 31.3. The van der Waals surface area contributed by atoms with E-state index in [4.69, 9.17) is 4.74 Å². The fourth-order valence-corrected chi connectivity index (χ4v) is 3.33. The SMILES string of the molecule is CN1[C@@H]2CCC[C@@]1(OC(=O)c1ccccc1)CC2. The Kier molecular flexibility index (Phi) is 2.86. The zero-order valence-corrected chi connectivity index (χ0v) is 10.8. The second kappa shape index (κ2) is 4.39. The molecule has 0 saturated carbocycles. The molecular formula is C15H19NO2. The highest BCUT2D eigenvalue weighted by molar-refractivity contribution is 5.89. The molecule has 2 bridgehead atoms. The lowest BCUT2D eigenvalue weighted by Crippen LogP contribution is -2.50. The van der Waals surface area contributed by atoms with Gasteiger partial charge in [-0.25, -0.2) is 4.79 Å². The van der Waals surface area contributed by atoms with Gasteiger partial charge in [0.2, 0.25) is 0 Å². The summed E-state index contributed by atoms with van der Waals surface area (Å²) >= 11 is 0. The van der Waals surface area contributed by atoms with E-state index < -0.39 is 0 Å². The third kappa shape index (κ3) is 1.83. The average Bonchev–Trinajstić information content (AvgIpc) is 2.60. The number of hydrogen-bond acceptors (Lipinski definition) is 3. The largest absolute Gasteiger partial charge is 0.440 e. The number of rotatable bonds is 2. The first kappa shape index (κ1) is 11.7. The van der Waals surface area contributed by atoms with Crippen molar-refractivity contribution in [2.75, 3.05) is 7.05 Å². The summed E-state index contributed by atoms with van der Waals surface area (Å²) < 4.78 is 5.86. The molecule has 0 unspecified atom stereocenters. The first-order chi connectivity index (χ1) is 8.71. The highest BCUT2D eigenvalue weighted by Crippen LogP contribution is 2.43. The minimum atomic E-state index is -0.337. The van der Waals surface area contributed by atoms with Gasteiger partial charge in [-0.1, -0.05) is 18.2 Å². The first-order valence-corrected chi connectivity index (χ1v) is 6.73. The van der Waals surface area contributed by atoms with Crippen LogP contribution >= 0.6 is 0 Å². The minimum absolute atomic E-state index is 0.190. The van der Waals surface area contributed by atoms with Crippen LogP contribution in [-0.2, 0) is 4.74 Å². The zero-order valence-electron chi connectivity index (χ0n) is 10.8. The van der Waals surface area contributed by atoms with Crippen LogP contribution in [0.5, 0.6) is 0 Å². The molecule has 2 aliphatic rings. The fourth-order valence-electron chi connectivity index (χ4n) is 3.33. The summed E-state index contributed by atoms with van der Waals surface area (Å²) in [5.74, 6) is -0.190. The molecule has 96 valence electrons. The second-order valence-electron chi connectivity index (χ2n) is 5.40. The molecule has 18 heavy (non-hydrogen) atoms. The zero-order chi connectivity index (χ0) is 12.6. The molecular weight excluding hydrogens is 226 g/mol. The van der Waals surface area contributed by atoms with Crippen LogP contribution in [0.3, 0.4) is 0 Å². The molecule has 0 amide bonds. The Morgan fingerprint density at radius 2 is 2.06 bits per heavy atom. The Hall–Kier alpha value is -1.35. The molecule has 1 aromatic rings. The summed E-state index contributed by atoms with van der Waals surface area (Å²) in [6, 6.07) is 9.88. The predicted molar refractivity (Wildman–Crippen MR) is 69.2 cm³/mol. The number of nitrogens with zero attached hydrogens (tertiary/aromatic N) is 1. The topological polar surface area (TPSA) is 29.5 Å². The van der Waals surface area contributed by atoms with Crippen LogP contribution in [0.1, 0.15) is 42.5 Å². The van der Waals surface area contributed by atoms with Crippen molar-refractivity contribution in [1.29, 1.82) is 0 Å². The van der Waals surface area contributed by atoms with Crippen LogP contribution in [0.25, 0.3) is 0 Å². The van der Waals surface area contributed by atoms with Gasteiger partial charge >= 0.3 is 5.97 Å². The number of benzene rings is 1. The van der Waals surface area contributed by atoms with Gasteiger partial charge in [0.25, 0.3) is 0 Å². The van der Waals surface area contributed by atoms with Crippen LogP contribution in [-0.4, -0.2) is 29.7 Å². The van der Waals surface area contributed by atoms with Crippen molar-refractivity contribution in [3.63, 3.8) is 0 Å². The molecule has 2 heterocycles. The van der Waals surface area contributed by atoms with Gasteiger partial charge in [-0.3, -0.25) is 4.90 Å². The summed E-state index contributed by atoms with van der Waals surface area (Å²) in [6.07, 6.45) is 5.50. The molecule has 3 rings (SSSR count). The van der Waals surface area contributed by atoms with Gasteiger partial charge < -0.3 is 4.74 Å². The molecule has 0 spiro atoms. The van der Waals surface area contributed by atoms with Crippen LogP contribution in [0.2, 0.25) is 0 Å². The maximum atomic E-state index is 12.2. The quantitative estimate of drug-likeness (QED) is 0.750. The lowest BCUT2D eigenvalue weighted by molar-refractivity contribution is -0.116. The van der Waals surface area contributed by atoms with E-state index >= 15 is 0 Å². The molecule has 2 atom stereocenters. The number of esters is 1. The van der Waals surface area contributed by atoms with Crippen molar-refractivity contribution in [1.82, 2.24) is 4.90 Å². The van der Waals surface area contributed by atoms with Crippen molar-refractivity contribution in [3.8, 4) is 0 Å². The average molecular weight is 245 g/mol. The molecule has 2 fully saturated rings. The van der Waals surface area contributed by atoms with Crippen molar-refractivity contribution >= 4 is 5.97 Å². The highest BCUT2D eigenvalue weighted by atomic mass is 16.6. The number of hydrogen-bond donors (Lipinski definition) is 0. The van der Waals surface area contributed by atoms with Gasteiger partial charge in [-0.2, -0.15) is 0 Å². The second-order valence-corrected chi connectivity index (χ2v) is 5.40. The van der Waals surface area contributed by atoms with Crippen LogP contribution in [0, 0.1) is 0 Å². The van der Waals surface area contributed by atoms with Crippen LogP contribution in [0.15, 0.2) is 30.3 Å². The van der Waals surface area contributed by atoms with Crippen molar-refractivity contribution < 1.29 is 9.53 Å². The molecule has 0 aliphatic carbocycles. The van der Waals surface area contributed by atoms with Gasteiger partial charge in [-0.05, 0) is 38.4 Å². The van der Waals surface area contributed by atoms with E-state index in [2.05, 4.69) is 11.9 Å². The standard InChI is InChI=1S/C15H19NO2/c1-16-13-8-5-10-15(16,11-9-13)18-14(17)12-6-3-2-4-7-12/h2-4,6-7,13H,5,8-11H2,1H3/t13-,15-/m1/s1. The summed E-state index contributed by atoms with van der Waals surface area (Å²) in [7, 11) is 2.09. The number of fused-ring (bicyclic) bond motifs is 2. The number of ether oxygens (including phenoxy) is 1. The van der Waals surface area contributed by atoms with Crippen LogP contribution < -0.4 is 0 Å². The predicted octanol–water partition coefficient (Wildman–Crippen LogP) is 2.82. The Labute approximate surface area is 108 Å². The Morgan fingerprint density at radius 3 is 2.83 bits per heavy atom. The third-order valence-electron chi connectivity index (χ3n) is 4.46. The molecule has 1 aromatic carbocycles. The smallest absolute Gasteiger partial charge is 0.339 e. The lowest BCUT2D eigenvalue weighted by Gasteiger charge is -2.41. The number of piperidine rings is 1. The number of carbonyl (C=O) groups is 1. The molecule has 2 aliphatic heterocycles. The van der Waals surface area contributed by atoms with Gasteiger partial charge in [0, 0.05) is 18.9 Å². The third-order valence-corrected chi connectivity index (χ3v) is 4.46. The monoisotopic (exact) mass is 245 g/mol. The van der Waals surface area contributed by atoms with Crippen molar-refractivity contribution in [2.24, 2.45) is 0 Å². The maximum Gasteiger partial charge on any atom is 0.339 e. The Balaban J connectivity index is 1.78. The maximum absolute atomic E-state index is 12.2. The van der Waals surface area contributed by atoms with Crippen molar-refractivity contribution in [2.45, 2.75) is 43.9 Å². The van der Waals surface area contributed by atoms with E-state index in [-0.39, 0.29) is 11.7 Å². The van der Waals surface area contributed by atoms with Gasteiger partial charge in [0.05, 0.1) is 5.56 Å². The van der Waals surface area contributed by atoms with Gasteiger partial charge in [0.1, 0.15) is 0 Å². The van der Waals surface area contributed by atoms with E-state index in [9.17, 15) is 4.79 Å². The molecule has 0 radical (unpaired) electrons. The first-order valence-electron chi connectivity index (χ1n) is 6.73. The Morgan fingerprint density at radius 1 is 1.28 bits per heavy atom. The molecule has 3 heteroatoms. The van der Waals surface area contributed by atoms with E-state index in [1.165, 1.54) is 6.42 Å². The highest BCUT2D eigenvalue weighted by Gasteiger charge is 2.49. The summed E-state index contributed by atoms with van der Waals surface area (Å²) in [5.41, 5.74) is 0.310. The Bertz CT molecular complexity index is 441. The number of carbonyl (C=O) groups excluding carboxylic acids is 1. The summed E-state index contributed by atoms with van der Waals surface area (Å²) in [5, 5.41) is 0.